The van der Waals surface area contributed by atoms with E-state index in [9.17, 15) is 14.7 Å². The Bertz CT molecular complexity index is 2820. The summed E-state index contributed by atoms with van der Waals surface area (Å²) in [5, 5.41) is 10.7. The molecule has 0 unspecified atom stereocenters. The van der Waals surface area contributed by atoms with Gasteiger partial charge in [-0.15, -0.1) is 0 Å². The van der Waals surface area contributed by atoms with Gasteiger partial charge in [0.15, 0.2) is 0 Å². The highest BCUT2D eigenvalue weighted by atomic mass is 35.5. The van der Waals surface area contributed by atoms with Gasteiger partial charge in [0, 0.05) is 45.0 Å². The number of carboxylic acids is 1. The molecule has 62 heavy (non-hydrogen) atoms. The minimum atomic E-state index is -1.01. The summed E-state index contributed by atoms with van der Waals surface area (Å²) in [5.41, 5.74) is 9.70. The zero-order chi connectivity index (χ0) is 43.6. The fourth-order valence-corrected chi connectivity index (χ4v) is 7.07. The maximum absolute atomic E-state index is 12.2. The first-order valence-corrected chi connectivity index (χ1v) is 20.5. The van der Waals surface area contributed by atoms with Crippen molar-refractivity contribution in [2.75, 3.05) is 6.61 Å². The number of rotatable bonds is 13. The average molecular weight is 866 g/mol. The smallest absolute Gasteiger partial charge is 0.339 e. The lowest BCUT2D eigenvalue weighted by Gasteiger charge is -2.16. The molecule has 8 aromatic rings. The summed E-state index contributed by atoms with van der Waals surface area (Å²) >= 11 is 11.9. The number of hydrogen-bond acceptors (Lipinski definition) is 7. The number of halogens is 2. The molecular weight excluding hydrogens is 823 g/mol. The fraction of sp³-hybridized carbons (Fsp3) is 0.120. The number of aromatic nitrogens is 4. The van der Waals surface area contributed by atoms with Gasteiger partial charge in [0.2, 0.25) is 0 Å². The highest BCUT2D eigenvalue weighted by Crippen LogP contribution is 2.35. The number of benzene rings is 4. The molecule has 0 saturated heterocycles. The number of esters is 1. The molecule has 4 aromatic carbocycles. The van der Waals surface area contributed by atoms with Gasteiger partial charge in [-0.05, 0) is 117 Å². The van der Waals surface area contributed by atoms with Crippen molar-refractivity contribution < 1.29 is 28.9 Å². The Morgan fingerprint density at radius 3 is 1.47 bits per heavy atom. The van der Waals surface area contributed by atoms with Crippen LogP contribution in [0.1, 0.15) is 50.2 Å². The quantitative estimate of drug-likeness (QED) is 0.114. The highest BCUT2D eigenvalue weighted by molar-refractivity contribution is 6.30. The molecule has 0 radical (unpaired) electrons. The molecule has 312 valence electrons. The third-order valence-electron chi connectivity index (χ3n) is 9.82. The normalized spacial score (nSPS) is 10.7. The Morgan fingerprint density at radius 1 is 0.581 bits per heavy atom. The van der Waals surface area contributed by atoms with Crippen LogP contribution in [0, 0.1) is 13.8 Å². The molecule has 0 aliphatic rings. The van der Waals surface area contributed by atoms with Crippen molar-refractivity contribution in [3.63, 3.8) is 0 Å². The maximum atomic E-state index is 12.2. The van der Waals surface area contributed by atoms with Crippen LogP contribution in [0.15, 0.2) is 158 Å². The van der Waals surface area contributed by atoms with E-state index in [4.69, 9.17) is 37.4 Å². The Kier molecular flexibility index (Phi) is 13.8. The van der Waals surface area contributed by atoms with Crippen molar-refractivity contribution in [3.8, 4) is 45.4 Å². The largest absolute Gasteiger partial charge is 0.488 e. The van der Waals surface area contributed by atoms with Crippen molar-refractivity contribution in [2.24, 2.45) is 0 Å². The van der Waals surface area contributed by atoms with Crippen LogP contribution < -0.4 is 9.47 Å². The minimum Gasteiger partial charge on any atom is -0.488 e. The Balaban J connectivity index is 0.000000187. The van der Waals surface area contributed by atoms with Gasteiger partial charge in [-0.3, -0.25) is 9.97 Å². The SMILES string of the molecule is CCOC(=O)c1cncc(-n2c(C)ccc2-c2ccccc2OCc2ccc(Cl)cc2)c1.Cc1ccc(-c2ccccc2OCc2ccc(Cl)cc2)n1-c1cncc(C(=O)O)c1. The zero-order valence-electron chi connectivity index (χ0n) is 34.2. The molecule has 0 atom stereocenters. The van der Waals surface area contributed by atoms with Crippen molar-refractivity contribution in [2.45, 2.75) is 34.0 Å². The number of carboxylic acid groups (broad SMARTS) is 1. The summed E-state index contributed by atoms with van der Waals surface area (Å²) in [6, 6.07) is 42.3. The molecule has 0 aliphatic carbocycles. The standard InChI is InChI=1S/C26H23ClN2O3.C24H19ClN2O3/c1-3-31-26(30)20-14-22(16-28-15-20)29-18(2)8-13-24(29)23-6-4-5-7-25(23)32-17-19-9-11-21(27)12-10-19;1-16-6-11-22(27(16)20-12-18(24(28)29)13-26-14-20)21-4-2-3-5-23(21)30-15-17-7-9-19(25)10-8-17/h4-16H,3,17H2,1-2H3;2-14H,15H2,1H3,(H,28,29). The van der Waals surface area contributed by atoms with E-state index in [1.165, 1.54) is 12.4 Å². The summed E-state index contributed by atoms with van der Waals surface area (Å²) in [6.45, 7) is 6.91. The number of ether oxygens (including phenoxy) is 3. The molecule has 8 rings (SSSR count). The topological polar surface area (TPSA) is 118 Å². The summed E-state index contributed by atoms with van der Waals surface area (Å²) < 4.78 is 21.4. The van der Waals surface area contributed by atoms with Gasteiger partial charge < -0.3 is 28.5 Å². The first-order valence-electron chi connectivity index (χ1n) is 19.7. The van der Waals surface area contributed by atoms with E-state index in [0.29, 0.717) is 41.1 Å². The molecule has 0 fully saturated rings. The average Bonchev–Trinajstić information content (AvgIpc) is 3.88. The predicted molar refractivity (Wildman–Crippen MR) is 242 cm³/mol. The van der Waals surface area contributed by atoms with E-state index >= 15 is 0 Å². The van der Waals surface area contributed by atoms with Crippen LogP contribution >= 0.6 is 23.2 Å². The van der Waals surface area contributed by atoms with Crippen molar-refractivity contribution in [3.05, 3.63) is 202 Å². The van der Waals surface area contributed by atoms with E-state index < -0.39 is 5.97 Å². The van der Waals surface area contributed by atoms with Crippen LogP contribution in [-0.2, 0) is 18.0 Å². The van der Waals surface area contributed by atoms with Crippen LogP contribution in [0.5, 0.6) is 11.5 Å². The van der Waals surface area contributed by atoms with Gasteiger partial charge in [0.05, 0.1) is 52.9 Å². The number of nitrogens with zero attached hydrogens (tertiary/aromatic N) is 4. The van der Waals surface area contributed by atoms with Gasteiger partial charge in [-0.2, -0.15) is 0 Å². The highest BCUT2D eigenvalue weighted by Gasteiger charge is 2.18. The number of carbonyl (C=O) groups is 2. The number of carbonyl (C=O) groups excluding carboxylic acids is 1. The second kappa shape index (κ2) is 19.9. The molecule has 0 aliphatic heterocycles. The number of para-hydroxylation sites is 2. The van der Waals surface area contributed by atoms with Crippen LogP contribution in [0.2, 0.25) is 10.0 Å². The fourth-order valence-electron chi connectivity index (χ4n) is 6.82. The van der Waals surface area contributed by atoms with E-state index in [2.05, 4.69) is 14.5 Å². The van der Waals surface area contributed by atoms with Crippen molar-refractivity contribution >= 4 is 35.1 Å². The lowest BCUT2D eigenvalue weighted by molar-refractivity contribution is 0.0525. The molecule has 4 aromatic heterocycles. The lowest BCUT2D eigenvalue weighted by Crippen LogP contribution is -2.07. The Labute approximate surface area is 369 Å². The van der Waals surface area contributed by atoms with E-state index in [0.717, 1.165) is 62.2 Å². The minimum absolute atomic E-state index is 0.138. The Hall–Kier alpha value is -7.14. The number of pyridine rings is 2. The van der Waals surface area contributed by atoms with Crippen LogP contribution in [0.4, 0.5) is 0 Å². The lowest BCUT2D eigenvalue weighted by atomic mass is 10.1. The van der Waals surface area contributed by atoms with Gasteiger partial charge in [-0.1, -0.05) is 71.7 Å². The summed E-state index contributed by atoms with van der Waals surface area (Å²) in [4.78, 5) is 31.9. The number of aromatic carboxylic acids is 1. The monoisotopic (exact) mass is 864 g/mol. The molecular formula is C50H42Cl2N4O6. The first-order chi connectivity index (χ1) is 30.1. The van der Waals surface area contributed by atoms with Gasteiger partial charge in [-0.25, -0.2) is 9.59 Å². The van der Waals surface area contributed by atoms with Gasteiger partial charge >= 0.3 is 11.9 Å². The zero-order valence-corrected chi connectivity index (χ0v) is 35.7. The molecule has 12 heteroatoms. The molecule has 4 heterocycles. The number of aryl methyl sites for hydroxylation is 2. The second-order valence-corrected chi connectivity index (χ2v) is 15.0. The molecule has 1 N–H and O–H groups in total. The van der Waals surface area contributed by atoms with Crippen molar-refractivity contribution in [1.29, 1.82) is 0 Å². The molecule has 10 nitrogen and oxygen atoms in total. The second-order valence-electron chi connectivity index (χ2n) is 14.1. The first kappa shape index (κ1) is 43.0. The number of hydrogen-bond donors (Lipinski definition) is 1. The van der Waals surface area contributed by atoms with Crippen LogP contribution in [-0.4, -0.2) is 42.8 Å². The van der Waals surface area contributed by atoms with Crippen molar-refractivity contribution in [1.82, 2.24) is 19.1 Å². The third-order valence-corrected chi connectivity index (χ3v) is 10.3. The van der Waals surface area contributed by atoms with E-state index in [-0.39, 0.29) is 11.5 Å². The summed E-state index contributed by atoms with van der Waals surface area (Å²) in [6.07, 6.45) is 6.24. The molecule has 0 spiro atoms. The third kappa shape index (κ3) is 10.2. The maximum Gasteiger partial charge on any atom is 0.339 e. The summed E-state index contributed by atoms with van der Waals surface area (Å²) in [7, 11) is 0. The summed E-state index contributed by atoms with van der Waals surface area (Å²) in [5.74, 6) is 0.0905. The van der Waals surface area contributed by atoms with E-state index in [1.54, 1.807) is 31.5 Å². The van der Waals surface area contributed by atoms with Gasteiger partial charge in [0.1, 0.15) is 24.7 Å². The predicted octanol–water partition coefficient (Wildman–Crippen LogP) is 12.0. The van der Waals surface area contributed by atoms with E-state index in [1.807, 2.05) is 140 Å². The molecule has 0 amide bonds. The Morgan fingerprint density at radius 2 is 1.02 bits per heavy atom. The van der Waals surface area contributed by atoms with Crippen LogP contribution in [0.3, 0.4) is 0 Å². The van der Waals surface area contributed by atoms with Gasteiger partial charge in [0.25, 0.3) is 0 Å². The molecule has 0 bridgehead atoms. The van der Waals surface area contributed by atoms with Crippen LogP contribution in [0.25, 0.3) is 33.9 Å². The molecule has 0 saturated carbocycles.